The highest BCUT2D eigenvalue weighted by Crippen LogP contribution is 2.24. The third kappa shape index (κ3) is 8.12. The Labute approximate surface area is 199 Å². The van der Waals surface area contributed by atoms with Crippen LogP contribution in [-0.4, -0.2) is 30.8 Å². The molecule has 3 aromatic carbocycles. The van der Waals surface area contributed by atoms with E-state index < -0.39 is 0 Å². The summed E-state index contributed by atoms with van der Waals surface area (Å²) in [5.41, 5.74) is 1.18. The number of ether oxygens (including phenoxy) is 3. The number of para-hydroxylation sites is 3. The van der Waals surface area contributed by atoms with Crippen LogP contribution in [-0.2, 0) is 0 Å². The lowest BCUT2D eigenvalue weighted by atomic mass is 10.2. The Kier molecular flexibility index (Phi) is 9.54. The molecule has 3 rings (SSSR count). The largest absolute Gasteiger partial charge is 0.491 e. The smallest absolute Gasteiger partial charge is 0.257 e. The number of unbranched alkanes of at least 4 members (excludes halogenated alkanes) is 1. The first-order valence-electron chi connectivity index (χ1n) is 10.9. The van der Waals surface area contributed by atoms with Crippen molar-refractivity contribution in [3.8, 4) is 17.2 Å². The number of carbonyl (C=O) groups excluding carboxylic acids is 1. The minimum Gasteiger partial charge on any atom is -0.491 e. The first kappa shape index (κ1) is 24.1. The second-order valence-electron chi connectivity index (χ2n) is 7.14. The fourth-order valence-electron chi connectivity index (χ4n) is 2.89. The molecule has 0 saturated heterocycles. The Morgan fingerprint density at radius 3 is 2.12 bits per heavy atom. The molecule has 0 aliphatic heterocycles. The summed E-state index contributed by atoms with van der Waals surface area (Å²) in [5.74, 6) is 1.84. The standard InChI is InChI=1S/C26H28N2O4S/c1-2-3-17-32-24-12-8-7-11-23(24)27-26(33)28-25(29)20-13-15-22(16-14-20)31-19-18-30-21-9-5-4-6-10-21/h4-16H,2-3,17-19H2,1H3,(H2,27,28,29,33). The van der Waals surface area contributed by atoms with E-state index in [0.717, 1.165) is 18.6 Å². The Balaban J connectivity index is 1.45. The second-order valence-corrected chi connectivity index (χ2v) is 7.55. The maximum absolute atomic E-state index is 12.5. The molecule has 0 aliphatic rings. The zero-order valence-electron chi connectivity index (χ0n) is 18.6. The average Bonchev–Trinajstić information content (AvgIpc) is 2.84. The van der Waals surface area contributed by atoms with Crippen LogP contribution in [0.4, 0.5) is 5.69 Å². The number of rotatable bonds is 11. The first-order chi connectivity index (χ1) is 16.2. The molecule has 7 heteroatoms. The molecular weight excluding hydrogens is 436 g/mol. The van der Waals surface area contributed by atoms with Crippen LogP contribution >= 0.6 is 12.2 Å². The fourth-order valence-corrected chi connectivity index (χ4v) is 3.09. The van der Waals surface area contributed by atoms with E-state index in [1.165, 1.54) is 0 Å². The molecule has 0 unspecified atom stereocenters. The van der Waals surface area contributed by atoms with E-state index in [4.69, 9.17) is 26.4 Å². The number of nitrogens with one attached hydrogen (secondary N) is 2. The van der Waals surface area contributed by atoms with E-state index in [2.05, 4.69) is 17.6 Å². The monoisotopic (exact) mass is 464 g/mol. The van der Waals surface area contributed by atoms with Crippen molar-refractivity contribution < 1.29 is 19.0 Å². The highest BCUT2D eigenvalue weighted by atomic mass is 32.1. The number of benzene rings is 3. The summed E-state index contributed by atoms with van der Waals surface area (Å²) in [6.45, 7) is 3.56. The van der Waals surface area contributed by atoms with E-state index in [9.17, 15) is 4.79 Å². The molecule has 0 heterocycles. The Hall–Kier alpha value is -3.58. The number of amides is 1. The number of anilines is 1. The van der Waals surface area contributed by atoms with Crippen LogP contribution in [0.15, 0.2) is 78.9 Å². The van der Waals surface area contributed by atoms with Gasteiger partial charge in [-0.3, -0.25) is 10.1 Å². The minimum atomic E-state index is -0.309. The van der Waals surface area contributed by atoms with Gasteiger partial charge in [0.05, 0.1) is 12.3 Å². The maximum Gasteiger partial charge on any atom is 0.257 e. The van der Waals surface area contributed by atoms with E-state index in [1.807, 2.05) is 54.6 Å². The third-order valence-electron chi connectivity index (χ3n) is 4.60. The third-order valence-corrected chi connectivity index (χ3v) is 4.80. The molecule has 6 nitrogen and oxygen atoms in total. The van der Waals surface area contributed by atoms with Crippen molar-refractivity contribution in [2.24, 2.45) is 0 Å². The van der Waals surface area contributed by atoms with Crippen molar-refractivity contribution >= 4 is 28.9 Å². The normalized spacial score (nSPS) is 10.2. The van der Waals surface area contributed by atoms with Gasteiger partial charge in [0.1, 0.15) is 30.5 Å². The van der Waals surface area contributed by atoms with Gasteiger partial charge in [0.15, 0.2) is 5.11 Å². The van der Waals surface area contributed by atoms with Crippen LogP contribution < -0.4 is 24.8 Å². The van der Waals surface area contributed by atoms with Gasteiger partial charge in [0, 0.05) is 5.56 Å². The van der Waals surface area contributed by atoms with Crippen molar-refractivity contribution in [2.75, 3.05) is 25.1 Å². The molecular formula is C26H28N2O4S. The van der Waals surface area contributed by atoms with Gasteiger partial charge in [-0.05, 0) is 67.2 Å². The molecule has 1 amide bonds. The topological polar surface area (TPSA) is 68.8 Å². The molecule has 0 radical (unpaired) electrons. The first-order valence-corrected chi connectivity index (χ1v) is 11.3. The zero-order valence-corrected chi connectivity index (χ0v) is 19.4. The predicted molar refractivity (Wildman–Crippen MR) is 134 cm³/mol. The molecule has 0 fully saturated rings. The molecule has 172 valence electrons. The van der Waals surface area contributed by atoms with Crippen molar-refractivity contribution in [3.63, 3.8) is 0 Å². The van der Waals surface area contributed by atoms with Gasteiger partial charge in [-0.1, -0.05) is 43.7 Å². The van der Waals surface area contributed by atoms with Gasteiger partial charge < -0.3 is 19.5 Å². The molecule has 0 aliphatic carbocycles. The molecule has 2 N–H and O–H groups in total. The van der Waals surface area contributed by atoms with Gasteiger partial charge in [0.25, 0.3) is 5.91 Å². The summed E-state index contributed by atoms with van der Waals surface area (Å²) in [7, 11) is 0. The van der Waals surface area contributed by atoms with Gasteiger partial charge in [-0.2, -0.15) is 0 Å². The Morgan fingerprint density at radius 2 is 1.42 bits per heavy atom. The van der Waals surface area contributed by atoms with E-state index in [1.54, 1.807) is 24.3 Å². The Bertz CT molecular complexity index is 1030. The van der Waals surface area contributed by atoms with E-state index in [-0.39, 0.29) is 11.0 Å². The van der Waals surface area contributed by atoms with E-state index >= 15 is 0 Å². The van der Waals surface area contributed by atoms with Crippen molar-refractivity contribution in [3.05, 3.63) is 84.4 Å². The van der Waals surface area contributed by atoms with Crippen LogP contribution in [0, 0.1) is 0 Å². The zero-order chi connectivity index (χ0) is 23.3. The molecule has 0 aromatic heterocycles. The summed E-state index contributed by atoms with van der Waals surface area (Å²) in [4.78, 5) is 12.5. The summed E-state index contributed by atoms with van der Waals surface area (Å²) in [6.07, 6.45) is 2.02. The summed E-state index contributed by atoms with van der Waals surface area (Å²) in [6, 6.07) is 23.9. The van der Waals surface area contributed by atoms with Crippen molar-refractivity contribution in [1.29, 1.82) is 0 Å². The second kappa shape index (κ2) is 13.1. The fraction of sp³-hybridized carbons (Fsp3) is 0.231. The van der Waals surface area contributed by atoms with Gasteiger partial charge in [-0.15, -0.1) is 0 Å². The quantitative estimate of drug-likeness (QED) is 0.291. The molecule has 33 heavy (non-hydrogen) atoms. The van der Waals surface area contributed by atoms with Crippen LogP contribution in [0.1, 0.15) is 30.1 Å². The highest BCUT2D eigenvalue weighted by molar-refractivity contribution is 7.80. The van der Waals surface area contributed by atoms with Crippen LogP contribution in [0.5, 0.6) is 17.2 Å². The maximum atomic E-state index is 12.5. The molecule has 0 saturated carbocycles. The lowest BCUT2D eigenvalue weighted by Crippen LogP contribution is -2.34. The lowest BCUT2D eigenvalue weighted by Gasteiger charge is -2.14. The molecule has 3 aromatic rings. The Morgan fingerprint density at radius 1 is 0.788 bits per heavy atom. The number of hydrogen-bond acceptors (Lipinski definition) is 5. The minimum absolute atomic E-state index is 0.199. The molecule has 0 spiro atoms. The van der Waals surface area contributed by atoms with Crippen LogP contribution in [0.2, 0.25) is 0 Å². The average molecular weight is 465 g/mol. The molecule has 0 bridgehead atoms. The molecule has 0 atom stereocenters. The van der Waals surface area contributed by atoms with Gasteiger partial charge in [-0.25, -0.2) is 0 Å². The van der Waals surface area contributed by atoms with E-state index in [0.29, 0.717) is 42.6 Å². The van der Waals surface area contributed by atoms with Crippen LogP contribution in [0.25, 0.3) is 0 Å². The number of carbonyl (C=O) groups is 1. The summed E-state index contributed by atoms with van der Waals surface area (Å²) >= 11 is 5.31. The predicted octanol–water partition coefficient (Wildman–Crippen LogP) is 5.45. The lowest BCUT2D eigenvalue weighted by molar-refractivity contribution is 0.0977. The van der Waals surface area contributed by atoms with Crippen LogP contribution in [0.3, 0.4) is 0 Å². The number of hydrogen-bond donors (Lipinski definition) is 2. The summed E-state index contributed by atoms with van der Waals surface area (Å²) < 4.78 is 17.1. The SMILES string of the molecule is CCCCOc1ccccc1NC(=S)NC(=O)c1ccc(OCCOc2ccccc2)cc1. The van der Waals surface area contributed by atoms with Gasteiger partial charge >= 0.3 is 0 Å². The van der Waals surface area contributed by atoms with Crippen molar-refractivity contribution in [1.82, 2.24) is 5.32 Å². The number of thiocarbonyl (C=S) groups is 1. The highest BCUT2D eigenvalue weighted by Gasteiger charge is 2.10. The van der Waals surface area contributed by atoms with Gasteiger partial charge in [0.2, 0.25) is 0 Å². The van der Waals surface area contributed by atoms with Crippen molar-refractivity contribution in [2.45, 2.75) is 19.8 Å². The summed E-state index contributed by atoms with van der Waals surface area (Å²) in [5, 5.41) is 5.93.